The molecule has 5 heteroatoms. The van der Waals surface area contributed by atoms with Crippen molar-refractivity contribution in [3.8, 4) is 0 Å². The molecule has 1 N–H and O–H groups in total. The van der Waals surface area contributed by atoms with Crippen LogP contribution in [-0.4, -0.2) is 43.2 Å². The molecular weight excluding hydrogens is 284 g/mol. The quantitative estimate of drug-likeness (QED) is 0.907. The first-order valence-electron chi connectivity index (χ1n) is 7.96. The van der Waals surface area contributed by atoms with Crippen molar-refractivity contribution >= 4 is 17.2 Å². The van der Waals surface area contributed by atoms with Crippen LogP contribution in [0, 0.1) is 5.92 Å². The van der Waals surface area contributed by atoms with E-state index < -0.39 is 0 Å². The SMILES string of the molecule is O=C(C1CCCNC1)N(Cc1cccs1)CC1CCCO1. The van der Waals surface area contributed by atoms with E-state index >= 15 is 0 Å². The highest BCUT2D eigenvalue weighted by Crippen LogP contribution is 2.21. The van der Waals surface area contributed by atoms with E-state index in [0.717, 1.165) is 58.5 Å². The Balaban J connectivity index is 1.65. The number of thiophene rings is 1. The van der Waals surface area contributed by atoms with E-state index in [0.29, 0.717) is 5.91 Å². The summed E-state index contributed by atoms with van der Waals surface area (Å²) in [7, 11) is 0. The molecule has 3 rings (SSSR count). The lowest BCUT2D eigenvalue weighted by atomic mass is 9.98. The Hall–Kier alpha value is -0.910. The van der Waals surface area contributed by atoms with Crippen LogP contribution in [0.2, 0.25) is 0 Å². The molecule has 1 amide bonds. The van der Waals surface area contributed by atoms with Gasteiger partial charge in [-0.25, -0.2) is 0 Å². The van der Waals surface area contributed by atoms with Crippen molar-refractivity contribution in [3.05, 3.63) is 22.4 Å². The lowest BCUT2D eigenvalue weighted by Gasteiger charge is -2.31. The van der Waals surface area contributed by atoms with Gasteiger partial charge in [-0.3, -0.25) is 4.79 Å². The van der Waals surface area contributed by atoms with Gasteiger partial charge >= 0.3 is 0 Å². The van der Waals surface area contributed by atoms with Gasteiger partial charge in [-0.2, -0.15) is 0 Å². The van der Waals surface area contributed by atoms with E-state index in [-0.39, 0.29) is 12.0 Å². The molecule has 2 fully saturated rings. The van der Waals surface area contributed by atoms with Crippen LogP contribution in [-0.2, 0) is 16.1 Å². The minimum Gasteiger partial charge on any atom is -0.376 e. The molecule has 116 valence electrons. The summed E-state index contributed by atoms with van der Waals surface area (Å²) in [6.45, 7) is 4.18. The Bertz CT molecular complexity index is 437. The Labute approximate surface area is 130 Å². The largest absolute Gasteiger partial charge is 0.376 e. The zero-order chi connectivity index (χ0) is 14.5. The first kappa shape index (κ1) is 15.0. The molecule has 0 bridgehead atoms. The van der Waals surface area contributed by atoms with Crippen LogP contribution in [0.25, 0.3) is 0 Å². The lowest BCUT2D eigenvalue weighted by molar-refractivity contribution is -0.138. The molecular formula is C16H24N2O2S. The van der Waals surface area contributed by atoms with Crippen LogP contribution in [0.5, 0.6) is 0 Å². The molecule has 2 unspecified atom stereocenters. The Morgan fingerprint density at radius 1 is 1.43 bits per heavy atom. The summed E-state index contributed by atoms with van der Waals surface area (Å²) in [5.74, 6) is 0.436. The monoisotopic (exact) mass is 308 g/mol. The highest BCUT2D eigenvalue weighted by molar-refractivity contribution is 7.09. The van der Waals surface area contributed by atoms with Gasteiger partial charge in [-0.05, 0) is 43.7 Å². The molecule has 2 aliphatic heterocycles. The fraction of sp³-hybridized carbons (Fsp3) is 0.688. The molecule has 1 aromatic heterocycles. The van der Waals surface area contributed by atoms with Crippen molar-refractivity contribution in [2.75, 3.05) is 26.2 Å². The van der Waals surface area contributed by atoms with Gasteiger partial charge in [0.15, 0.2) is 0 Å². The van der Waals surface area contributed by atoms with Gasteiger partial charge < -0.3 is 15.0 Å². The summed E-state index contributed by atoms with van der Waals surface area (Å²) in [6, 6.07) is 4.16. The van der Waals surface area contributed by atoms with Crippen molar-refractivity contribution in [1.29, 1.82) is 0 Å². The Morgan fingerprint density at radius 2 is 2.38 bits per heavy atom. The number of piperidine rings is 1. The molecule has 0 aliphatic carbocycles. The second-order valence-electron chi connectivity index (χ2n) is 5.98. The van der Waals surface area contributed by atoms with Crippen LogP contribution in [0.15, 0.2) is 17.5 Å². The average Bonchev–Trinajstić information content (AvgIpc) is 3.20. The molecule has 0 radical (unpaired) electrons. The van der Waals surface area contributed by atoms with Gasteiger partial charge in [-0.1, -0.05) is 6.07 Å². The van der Waals surface area contributed by atoms with Crippen molar-refractivity contribution in [3.63, 3.8) is 0 Å². The van der Waals surface area contributed by atoms with Crippen LogP contribution < -0.4 is 5.32 Å². The second kappa shape index (κ2) is 7.38. The summed E-state index contributed by atoms with van der Waals surface area (Å²) in [5.41, 5.74) is 0. The average molecular weight is 308 g/mol. The topological polar surface area (TPSA) is 41.6 Å². The van der Waals surface area contributed by atoms with Crippen LogP contribution in [0.3, 0.4) is 0 Å². The third-order valence-corrected chi connectivity index (χ3v) is 5.19. The molecule has 21 heavy (non-hydrogen) atoms. The van der Waals surface area contributed by atoms with Crippen molar-refractivity contribution in [1.82, 2.24) is 10.2 Å². The van der Waals surface area contributed by atoms with Crippen molar-refractivity contribution in [2.45, 2.75) is 38.3 Å². The normalized spacial score (nSPS) is 25.9. The van der Waals surface area contributed by atoms with E-state index in [1.54, 1.807) is 11.3 Å². The third-order valence-electron chi connectivity index (χ3n) is 4.33. The van der Waals surface area contributed by atoms with Gasteiger partial charge in [0.25, 0.3) is 0 Å². The number of hydrogen-bond acceptors (Lipinski definition) is 4. The number of amides is 1. The molecule has 0 aromatic carbocycles. The zero-order valence-corrected chi connectivity index (χ0v) is 13.2. The summed E-state index contributed by atoms with van der Waals surface area (Å²) in [6.07, 6.45) is 4.54. The molecule has 0 spiro atoms. The number of carbonyl (C=O) groups is 1. The minimum atomic E-state index is 0.139. The first-order chi connectivity index (χ1) is 10.3. The van der Waals surface area contributed by atoms with Crippen LogP contribution in [0.1, 0.15) is 30.6 Å². The summed E-state index contributed by atoms with van der Waals surface area (Å²) in [4.78, 5) is 16.1. The lowest BCUT2D eigenvalue weighted by Crippen LogP contribution is -2.45. The standard InChI is InChI=1S/C16H24N2O2S/c19-16(13-4-1-7-17-10-13)18(11-14-5-2-8-20-14)12-15-6-3-9-21-15/h3,6,9,13-14,17H,1-2,4-5,7-8,10-12H2. The third kappa shape index (κ3) is 4.05. The molecule has 2 aliphatic rings. The van der Waals surface area contributed by atoms with Crippen molar-refractivity contribution in [2.24, 2.45) is 5.92 Å². The molecule has 2 atom stereocenters. The summed E-state index contributed by atoms with van der Waals surface area (Å²) < 4.78 is 5.73. The Morgan fingerprint density at radius 3 is 3.05 bits per heavy atom. The number of hydrogen-bond donors (Lipinski definition) is 1. The molecule has 3 heterocycles. The van der Waals surface area contributed by atoms with E-state index in [1.165, 1.54) is 4.88 Å². The van der Waals surface area contributed by atoms with Gasteiger partial charge in [0.05, 0.1) is 18.6 Å². The van der Waals surface area contributed by atoms with Gasteiger partial charge in [-0.15, -0.1) is 11.3 Å². The number of ether oxygens (including phenoxy) is 1. The maximum Gasteiger partial charge on any atom is 0.227 e. The number of nitrogens with zero attached hydrogens (tertiary/aromatic N) is 1. The predicted molar refractivity (Wildman–Crippen MR) is 84.3 cm³/mol. The van der Waals surface area contributed by atoms with Gasteiger partial charge in [0.1, 0.15) is 0 Å². The summed E-state index contributed by atoms with van der Waals surface area (Å²) >= 11 is 1.72. The number of rotatable bonds is 5. The highest BCUT2D eigenvalue weighted by Gasteiger charge is 2.29. The molecule has 0 saturated carbocycles. The van der Waals surface area contributed by atoms with E-state index in [1.807, 2.05) is 4.90 Å². The first-order valence-corrected chi connectivity index (χ1v) is 8.84. The van der Waals surface area contributed by atoms with E-state index in [4.69, 9.17) is 4.74 Å². The molecule has 1 aromatic rings. The Kier molecular flexibility index (Phi) is 5.27. The molecule has 2 saturated heterocycles. The van der Waals surface area contributed by atoms with Crippen molar-refractivity contribution < 1.29 is 9.53 Å². The maximum absolute atomic E-state index is 12.8. The number of nitrogens with one attached hydrogen (secondary N) is 1. The van der Waals surface area contributed by atoms with Gasteiger partial charge in [0, 0.05) is 24.6 Å². The smallest absolute Gasteiger partial charge is 0.227 e. The molecule has 4 nitrogen and oxygen atoms in total. The second-order valence-corrected chi connectivity index (χ2v) is 7.01. The fourth-order valence-corrected chi connectivity index (χ4v) is 3.90. The number of carbonyl (C=O) groups excluding carboxylic acids is 1. The maximum atomic E-state index is 12.8. The van der Waals surface area contributed by atoms with Gasteiger partial charge in [0.2, 0.25) is 5.91 Å². The highest BCUT2D eigenvalue weighted by atomic mass is 32.1. The van der Waals surface area contributed by atoms with E-state index in [2.05, 4.69) is 22.8 Å². The summed E-state index contributed by atoms with van der Waals surface area (Å²) in [5, 5.41) is 5.42. The zero-order valence-electron chi connectivity index (χ0n) is 12.4. The van der Waals surface area contributed by atoms with Crippen LogP contribution >= 0.6 is 11.3 Å². The fourth-order valence-electron chi connectivity index (χ4n) is 3.18. The minimum absolute atomic E-state index is 0.139. The van der Waals surface area contributed by atoms with E-state index in [9.17, 15) is 4.79 Å². The van der Waals surface area contributed by atoms with Crippen LogP contribution in [0.4, 0.5) is 0 Å². The predicted octanol–water partition coefficient (Wildman–Crippen LogP) is 2.26.